The molecular formula is C13H23NO3. The van der Waals surface area contributed by atoms with Gasteiger partial charge in [-0.3, -0.25) is 9.69 Å². The Morgan fingerprint density at radius 3 is 2.53 bits per heavy atom. The second-order valence-corrected chi connectivity index (χ2v) is 5.34. The molecule has 17 heavy (non-hydrogen) atoms. The first kappa shape index (κ1) is 12.8. The van der Waals surface area contributed by atoms with Gasteiger partial charge in [-0.15, -0.1) is 0 Å². The topological polar surface area (TPSA) is 49.8 Å². The molecule has 1 heterocycles. The maximum Gasteiger partial charge on any atom is 0.307 e. The number of carboxylic acids is 1. The third-order valence-corrected chi connectivity index (χ3v) is 4.30. The number of aliphatic carboxylic acids is 1. The molecule has 1 unspecified atom stereocenters. The van der Waals surface area contributed by atoms with E-state index in [0.29, 0.717) is 12.1 Å². The van der Waals surface area contributed by atoms with Gasteiger partial charge in [0.25, 0.3) is 0 Å². The van der Waals surface area contributed by atoms with E-state index in [1.165, 1.54) is 0 Å². The van der Waals surface area contributed by atoms with Crippen molar-refractivity contribution in [1.82, 2.24) is 4.90 Å². The monoisotopic (exact) mass is 241 g/mol. The first-order valence-electron chi connectivity index (χ1n) is 6.70. The van der Waals surface area contributed by atoms with Crippen LogP contribution in [0.3, 0.4) is 0 Å². The van der Waals surface area contributed by atoms with Gasteiger partial charge in [0.05, 0.1) is 12.0 Å². The Kier molecular flexibility index (Phi) is 4.40. The van der Waals surface area contributed by atoms with E-state index in [4.69, 9.17) is 9.84 Å². The molecule has 0 amide bonds. The molecule has 0 spiro atoms. The molecule has 1 aliphatic heterocycles. The molecule has 1 saturated carbocycles. The van der Waals surface area contributed by atoms with Crippen LogP contribution in [0.2, 0.25) is 0 Å². The van der Waals surface area contributed by atoms with Crippen molar-refractivity contribution in [2.75, 3.05) is 20.2 Å². The number of piperidine rings is 1. The van der Waals surface area contributed by atoms with Crippen LogP contribution >= 0.6 is 0 Å². The Hall–Kier alpha value is -0.610. The van der Waals surface area contributed by atoms with Crippen LogP contribution in [0.15, 0.2) is 0 Å². The Morgan fingerprint density at radius 1 is 1.24 bits per heavy atom. The number of ether oxygens (including phenoxy) is 1. The number of methoxy groups -OCH3 is 1. The van der Waals surface area contributed by atoms with Crippen LogP contribution in [0.25, 0.3) is 0 Å². The van der Waals surface area contributed by atoms with E-state index >= 15 is 0 Å². The minimum absolute atomic E-state index is 0.149. The number of nitrogens with zero attached hydrogens (tertiary/aromatic N) is 1. The quantitative estimate of drug-likeness (QED) is 0.817. The van der Waals surface area contributed by atoms with Crippen LogP contribution < -0.4 is 0 Å². The summed E-state index contributed by atoms with van der Waals surface area (Å²) in [7, 11) is 1.78. The molecule has 98 valence electrons. The van der Waals surface area contributed by atoms with Crippen LogP contribution in [0.5, 0.6) is 0 Å². The Bertz CT molecular complexity index is 261. The highest BCUT2D eigenvalue weighted by Crippen LogP contribution is 2.28. The highest BCUT2D eigenvalue weighted by molar-refractivity contribution is 5.70. The van der Waals surface area contributed by atoms with Crippen molar-refractivity contribution in [3.63, 3.8) is 0 Å². The second kappa shape index (κ2) is 5.83. The molecule has 1 aliphatic carbocycles. The summed E-state index contributed by atoms with van der Waals surface area (Å²) in [5.41, 5.74) is 0. The summed E-state index contributed by atoms with van der Waals surface area (Å²) in [4.78, 5) is 13.4. The zero-order chi connectivity index (χ0) is 12.3. The minimum Gasteiger partial charge on any atom is -0.481 e. The van der Waals surface area contributed by atoms with Gasteiger partial charge < -0.3 is 9.84 Å². The minimum atomic E-state index is -0.625. The lowest BCUT2D eigenvalue weighted by atomic mass is 9.89. The Morgan fingerprint density at radius 2 is 1.94 bits per heavy atom. The first-order chi connectivity index (χ1) is 8.20. The number of likely N-dealkylation sites (tertiary alicyclic amines) is 1. The van der Waals surface area contributed by atoms with Gasteiger partial charge >= 0.3 is 5.97 Å². The van der Waals surface area contributed by atoms with Crippen molar-refractivity contribution in [1.29, 1.82) is 0 Å². The molecular weight excluding hydrogens is 218 g/mol. The van der Waals surface area contributed by atoms with Gasteiger partial charge in [0.1, 0.15) is 0 Å². The van der Waals surface area contributed by atoms with Crippen LogP contribution in [-0.4, -0.2) is 48.3 Å². The molecule has 2 fully saturated rings. The zero-order valence-electron chi connectivity index (χ0n) is 10.6. The fraction of sp³-hybridized carbons (Fsp3) is 0.923. The standard InChI is InChI=1S/C13H23NO3/c1-17-12-6-4-11(5-7-12)14-8-2-3-10(9-14)13(15)16/h10-12H,2-9H2,1H3,(H,15,16). The van der Waals surface area contributed by atoms with Crippen molar-refractivity contribution < 1.29 is 14.6 Å². The van der Waals surface area contributed by atoms with Crippen LogP contribution in [0.1, 0.15) is 38.5 Å². The number of carboxylic acid groups (broad SMARTS) is 1. The first-order valence-corrected chi connectivity index (χ1v) is 6.70. The maximum atomic E-state index is 11.0. The van der Waals surface area contributed by atoms with Crippen molar-refractivity contribution in [2.24, 2.45) is 5.92 Å². The fourth-order valence-electron chi connectivity index (χ4n) is 3.19. The van der Waals surface area contributed by atoms with E-state index in [1.807, 2.05) is 0 Å². The van der Waals surface area contributed by atoms with Crippen LogP contribution in [-0.2, 0) is 9.53 Å². The van der Waals surface area contributed by atoms with Crippen LogP contribution in [0.4, 0.5) is 0 Å². The average Bonchev–Trinajstić information content (AvgIpc) is 2.39. The van der Waals surface area contributed by atoms with Gasteiger partial charge in [-0.1, -0.05) is 0 Å². The summed E-state index contributed by atoms with van der Waals surface area (Å²) in [5, 5.41) is 9.09. The highest BCUT2D eigenvalue weighted by Gasteiger charge is 2.31. The van der Waals surface area contributed by atoms with Crippen molar-refractivity contribution >= 4 is 5.97 Å². The van der Waals surface area contributed by atoms with Gasteiger partial charge in [-0.2, -0.15) is 0 Å². The molecule has 0 radical (unpaired) electrons. The number of hydrogen-bond donors (Lipinski definition) is 1. The Labute approximate surface area is 103 Å². The zero-order valence-corrected chi connectivity index (χ0v) is 10.6. The fourth-order valence-corrected chi connectivity index (χ4v) is 3.19. The van der Waals surface area contributed by atoms with Gasteiger partial charge in [-0.05, 0) is 45.1 Å². The molecule has 0 aromatic rings. The number of hydrogen-bond acceptors (Lipinski definition) is 3. The van der Waals surface area contributed by atoms with E-state index in [1.54, 1.807) is 7.11 Å². The molecule has 1 atom stereocenters. The molecule has 4 nitrogen and oxygen atoms in total. The molecule has 1 N–H and O–H groups in total. The highest BCUT2D eigenvalue weighted by atomic mass is 16.5. The van der Waals surface area contributed by atoms with Crippen LogP contribution in [0, 0.1) is 5.92 Å². The molecule has 0 bridgehead atoms. The van der Waals surface area contributed by atoms with E-state index in [-0.39, 0.29) is 5.92 Å². The third-order valence-electron chi connectivity index (χ3n) is 4.30. The van der Waals surface area contributed by atoms with Gasteiger partial charge in [0.2, 0.25) is 0 Å². The van der Waals surface area contributed by atoms with E-state index in [9.17, 15) is 4.79 Å². The predicted octanol–water partition coefficient (Wildman–Crippen LogP) is 1.74. The third kappa shape index (κ3) is 3.19. The predicted molar refractivity (Wildman–Crippen MR) is 65.0 cm³/mol. The molecule has 0 aromatic heterocycles. The summed E-state index contributed by atoms with van der Waals surface area (Å²) in [5.74, 6) is -0.774. The number of carbonyl (C=O) groups is 1. The van der Waals surface area contributed by atoms with Crippen molar-refractivity contribution in [3.05, 3.63) is 0 Å². The van der Waals surface area contributed by atoms with Gasteiger partial charge in [0.15, 0.2) is 0 Å². The van der Waals surface area contributed by atoms with Gasteiger partial charge in [0, 0.05) is 19.7 Å². The number of rotatable bonds is 3. The van der Waals surface area contributed by atoms with Crippen molar-refractivity contribution in [2.45, 2.75) is 50.7 Å². The molecule has 2 aliphatic rings. The summed E-state index contributed by atoms with van der Waals surface area (Å²) in [6.07, 6.45) is 6.85. The van der Waals surface area contributed by atoms with E-state index < -0.39 is 5.97 Å². The van der Waals surface area contributed by atoms with E-state index in [2.05, 4.69) is 4.90 Å². The largest absolute Gasteiger partial charge is 0.481 e. The van der Waals surface area contributed by atoms with Crippen molar-refractivity contribution in [3.8, 4) is 0 Å². The average molecular weight is 241 g/mol. The normalized spacial score (nSPS) is 35.7. The summed E-state index contributed by atoms with van der Waals surface area (Å²) >= 11 is 0. The molecule has 4 heteroatoms. The lowest BCUT2D eigenvalue weighted by molar-refractivity contribution is -0.144. The summed E-state index contributed by atoms with van der Waals surface area (Å²) < 4.78 is 5.37. The summed E-state index contributed by atoms with van der Waals surface area (Å²) in [6, 6.07) is 0.587. The maximum absolute atomic E-state index is 11.0. The van der Waals surface area contributed by atoms with Gasteiger partial charge in [-0.25, -0.2) is 0 Å². The summed E-state index contributed by atoms with van der Waals surface area (Å²) in [6.45, 7) is 1.82. The lowest BCUT2D eigenvalue weighted by Gasteiger charge is -2.40. The molecule has 1 saturated heterocycles. The molecule has 0 aromatic carbocycles. The SMILES string of the molecule is COC1CCC(N2CCCC(C(=O)O)C2)CC1. The lowest BCUT2D eigenvalue weighted by Crippen LogP contribution is -2.46. The second-order valence-electron chi connectivity index (χ2n) is 5.34. The Balaban J connectivity index is 1.84. The van der Waals surface area contributed by atoms with E-state index in [0.717, 1.165) is 51.6 Å². The molecule has 2 rings (SSSR count). The smallest absolute Gasteiger partial charge is 0.307 e.